The maximum absolute atomic E-state index is 12.2. The first-order chi connectivity index (χ1) is 13.6. The second kappa shape index (κ2) is 7.23. The van der Waals surface area contributed by atoms with E-state index >= 15 is 0 Å². The number of ether oxygens (including phenoxy) is 1. The molecule has 0 spiro atoms. The average Bonchev–Trinajstić information content (AvgIpc) is 3.09. The minimum Gasteiger partial charge on any atom is -0.493 e. The van der Waals surface area contributed by atoms with Crippen LogP contribution in [0.3, 0.4) is 0 Å². The zero-order valence-electron chi connectivity index (χ0n) is 16.0. The van der Waals surface area contributed by atoms with Crippen molar-refractivity contribution in [3.8, 4) is 28.3 Å². The van der Waals surface area contributed by atoms with Crippen LogP contribution in [-0.4, -0.2) is 32.1 Å². The van der Waals surface area contributed by atoms with Crippen molar-refractivity contribution in [3.05, 3.63) is 60.6 Å². The Labute approximate surface area is 162 Å². The third-order valence-electron chi connectivity index (χ3n) is 4.55. The van der Waals surface area contributed by atoms with E-state index in [1.165, 1.54) is 13.3 Å². The Morgan fingerprint density at radius 3 is 2.61 bits per heavy atom. The molecular weight excluding hydrogens is 352 g/mol. The summed E-state index contributed by atoms with van der Waals surface area (Å²) < 4.78 is 7.42. The Morgan fingerprint density at radius 2 is 1.89 bits per heavy atom. The predicted octanol–water partition coefficient (Wildman–Crippen LogP) is 4.30. The highest BCUT2D eigenvalue weighted by Gasteiger charge is 2.19. The molecule has 2 aromatic carbocycles. The number of rotatable bonds is 5. The minimum absolute atomic E-state index is 0.0605. The van der Waals surface area contributed by atoms with Crippen LogP contribution in [0.5, 0.6) is 5.75 Å². The van der Waals surface area contributed by atoms with Gasteiger partial charge in [-0.15, -0.1) is 0 Å². The molecule has 6 nitrogen and oxygen atoms in total. The summed E-state index contributed by atoms with van der Waals surface area (Å²) in [6.45, 7) is 3.90. The molecule has 0 aliphatic rings. The first-order valence-electron chi connectivity index (χ1n) is 9.10. The minimum atomic E-state index is -0.0605. The molecule has 2 heterocycles. The zero-order valence-corrected chi connectivity index (χ0v) is 16.0. The van der Waals surface area contributed by atoms with Crippen molar-refractivity contribution in [2.45, 2.75) is 13.8 Å². The van der Waals surface area contributed by atoms with E-state index in [-0.39, 0.29) is 5.78 Å². The van der Waals surface area contributed by atoms with Crippen LogP contribution >= 0.6 is 0 Å². The number of fused-ring (bicyclic) bond motifs is 1. The summed E-state index contributed by atoms with van der Waals surface area (Å²) in [6, 6.07) is 13.6. The van der Waals surface area contributed by atoms with Gasteiger partial charge in [0.1, 0.15) is 17.8 Å². The van der Waals surface area contributed by atoms with Gasteiger partial charge in [0.05, 0.1) is 23.4 Å². The van der Waals surface area contributed by atoms with Crippen molar-refractivity contribution >= 4 is 16.7 Å². The summed E-state index contributed by atoms with van der Waals surface area (Å²) in [7, 11) is 1.88. The first-order valence-corrected chi connectivity index (χ1v) is 9.10. The second-order valence-electron chi connectivity index (χ2n) is 6.51. The molecule has 28 heavy (non-hydrogen) atoms. The molecule has 0 saturated carbocycles. The quantitative estimate of drug-likeness (QED) is 0.489. The Kier molecular flexibility index (Phi) is 4.61. The molecule has 0 aliphatic heterocycles. The summed E-state index contributed by atoms with van der Waals surface area (Å²) in [5, 5.41) is 5.43. The highest BCUT2D eigenvalue weighted by molar-refractivity contribution is 6.04. The number of aryl methyl sites for hydroxylation is 1. The third kappa shape index (κ3) is 3.13. The first kappa shape index (κ1) is 17.9. The highest BCUT2D eigenvalue weighted by atomic mass is 16.5. The number of hydrogen-bond acceptors (Lipinski definition) is 5. The summed E-state index contributed by atoms with van der Waals surface area (Å²) in [6.07, 6.45) is 3.47. The van der Waals surface area contributed by atoms with E-state index in [9.17, 15) is 4.79 Å². The Hall–Kier alpha value is -3.54. The fourth-order valence-corrected chi connectivity index (χ4v) is 3.32. The molecule has 0 saturated heterocycles. The summed E-state index contributed by atoms with van der Waals surface area (Å²) in [4.78, 5) is 21.1. The number of hydrogen-bond donors (Lipinski definition) is 0. The lowest BCUT2D eigenvalue weighted by Crippen LogP contribution is -2.02. The molecule has 4 aromatic rings. The molecule has 0 radical (unpaired) electrons. The van der Waals surface area contributed by atoms with Crippen molar-refractivity contribution in [1.82, 2.24) is 19.7 Å². The molecule has 0 atom stereocenters. The number of carbonyl (C=O) groups is 1. The van der Waals surface area contributed by atoms with E-state index in [1.807, 2.05) is 56.6 Å². The van der Waals surface area contributed by atoms with E-state index in [0.717, 1.165) is 33.4 Å². The van der Waals surface area contributed by atoms with Crippen LogP contribution in [-0.2, 0) is 7.05 Å². The van der Waals surface area contributed by atoms with E-state index < -0.39 is 0 Å². The molecule has 0 aliphatic carbocycles. The molecule has 4 rings (SSSR count). The highest BCUT2D eigenvalue weighted by Crippen LogP contribution is 2.35. The van der Waals surface area contributed by atoms with Crippen LogP contribution in [0.25, 0.3) is 33.4 Å². The molecule has 2 aromatic heterocycles. The molecule has 0 fully saturated rings. The Bertz CT molecular complexity index is 1170. The zero-order chi connectivity index (χ0) is 19.7. The average molecular weight is 372 g/mol. The molecule has 0 unspecified atom stereocenters. The normalized spacial score (nSPS) is 11.0. The number of benzene rings is 2. The number of nitrogens with zero attached hydrogens (tertiary/aromatic N) is 4. The van der Waals surface area contributed by atoms with Crippen molar-refractivity contribution in [2.75, 3.05) is 6.61 Å². The van der Waals surface area contributed by atoms with Crippen molar-refractivity contribution in [1.29, 1.82) is 0 Å². The van der Waals surface area contributed by atoms with Gasteiger partial charge < -0.3 is 4.74 Å². The van der Waals surface area contributed by atoms with Gasteiger partial charge in [-0.05, 0) is 19.9 Å². The number of ketones is 1. The van der Waals surface area contributed by atoms with E-state index in [1.54, 1.807) is 10.7 Å². The van der Waals surface area contributed by atoms with Crippen LogP contribution in [0.2, 0.25) is 0 Å². The predicted molar refractivity (Wildman–Crippen MR) is 108 cm³/mol. The van der Waals surface area contributed by atoms with E-state index in [2.05, 4.69) is 15.1 Å². The van der Waals surface area contributed by atoms with Crippen LogP contribution < -0.4 is 4.74 Å². The van der Waals surface area contributed by atoms with Gasteiger partial charge in [0.2, 0.25) is 0 Å². The van der Waals surface area contributed by atoms with E-state index in [4.69, 9.17) is 4.74 Å². The van der Waals surface area contributed by atoms with Crippen molar-refractivity contribution in [2.24, 2.45) is 7.05 Å². The van der Waals surface area contributed by atoms with Crippen LogP contribution in [0.15, 0.2) is 55.0 Å². The Balaban J connectivity index is 1.98. The lowest BCUT2D eigenvalue weighted by Gasteiger charge is -2.11. The monoisotopic (exact) mass is 372 g/mol. The lowest BCUT2D eigenvalue weighted by atomic mass is 10.00. The maximum atomic E-state index is 12.2. The van der Waals surface area contributed by atoms with Crippen molar-refractivity contribution in [3.63, 3.8) is 0 Å². The number of carbonyl (C=O) groups excluding carboxylic acids is 1. The topological polar surface area (TPSA) is 69.9 Å². The van der Waals surface area contributed by atoms with Crippen molar-refractivity contribution < 1.29 is 9.53 Å². The smallest absolute Gasteiger partial charge is 0.163 e. The van der Waals surface area contributed by atoms with Crippen LogP contribution in [0, 0.1) is 0 Å². The summed E-state index contributed by atoms with van der Waals surface area (Å²) in [5.74, 6) is 0.483. The molecule has 0 N–H and O–H groups in total. The van der Waals surface area contributed by atoms with Crippen LogP contribution in [0.4, 0.5) is 0 Å². The van der Waals surface area contributed by atoms with Gasteiger partial charge in [-0.1, -0.05) is 30.3 Å². The van der Waals surface area contributed by atoms with Crippen LogP contribution in [0.1, 0.15) is 24.2 Å². The van der Waals surface area contributed by atoms with Gasteiger partial charge in [-0.2, -0.15) is 5.10 Å². The number of aromatic nitrogens is 4. The molecule has 6 heteroatoms. The largest absolute Gasteiger partial charge is 0.493 e. The van der Waals surface area contributed by atoms with Gasteiger partial charge in [-0.25, -0.2) is 9.97 Å². The van der Waals surface area contributed by atoms with Gasteiger partial charge in [-0.3, -0.25) is 9.48 Å². The molecule has 0 bridgehead atoms. The SMILES string of the molecule is CCOc1cc2ncnc(-c3cn(C)nc3-c3ccccc3)c2cc1C(C)=O. The molecule has 0 amide bonds. The summed E-state index contributed by atoms with van der Waals surface area (Å²) >= 11 is 0. The van der Waals surface area contributed by atoms with Gasteiger partial charge in [0.25, 0.3) is 0 Å². The second-order valence-corrected chi connectivity index (χ2v) is 6.51. The Morgan fingerprint density at radius 1 is 1.11 bits per heavy atom. The fraction of sp³-hybridized carbons (Fsp3) is 0.182. The lowest BCUT2D eigenvalue weighted by molar-refractivity contribution is 0.101. The van der Waals surface area contributed by atoms with Gasteiger partial charge in [0.15, 0.2) is 5.78 Å². The fourth-order valence-electron chi connectivity index (χ4n) is 3.32. The van der Waals surface area contributed by atoms with Gasteiger partial charge in [0, 0.05) is 35.8 Å². The molecular formula is C22H20N4O2. The number of Topliss-reactive ketones (excluding diaryl/α,β-unsaturated/α-hetero) is 1. The molecule has 140 valence electrons. The third-order valence-corrected chi connectivity index (χ3v) is 4.55. The standard InChI is InChI=1S/C22H20N4O2/c1-4-28-20-11-19-17(10-16(20)14(2)27)22(24-13-23-19)18-12-26(3)25-21(18)15-8-6-5-7-9-15/h5-13H,4H2,1-3H3. The van der Waals surface area contributed by atoms with Gasteiger partial charge >= 0.3 is 0 Å². The summed E-state index contributed by atoms with van der Waals surface area (Å²) in [5.41, 5.74) is 4.71. The van der Waals surface area contributed by atoms with E-state index in [0.29, 0.717) is 17.9 Å². The maximum Gasteiger partial charge on any atom is 0.163 e.